The molecule has 1 saturated heterocycles. The Bertz CT molecular complexity index is 714. The summed E-state index contributed by atoms with van der Waals surface area (Å²) in [6, 6.07) is 3.06. The maximum atomic E-state index is 12.3. The first-order valence-electron chi connectivity index (χ1n) is 9.33. The van der Waals surface area contributed by atoms with Crippen molar-refractivity contribution in [2.24, 2.45) is 0 Å². The molecule has 2 heterocycles. The number of nitro groups is 1. The zero-order valence-corrected chi connectivity index (χ0v) is 17.7. The van der Waals surface area contributed by atoms with Crippen LogP contribution in [-0.4, -0.2) is 76.6 Å². The Morgan fingerprint density at radius 1 is 1.28 bits per heavy atom. The molecular formula is C18H27N5O5S. The van der Waals surface area contributed by atoms with Crippen molar-refractivity contribution >= 4 is 35.3 Å². The highest BCUT2D eigenvalue weighted by Crippen LogP contribution is 2.17. The van der Waals surface area contributed by atoms with Crippen LogP contribution in [0.1, 0.15) is 20.8 Å². The first kappa shape index (κ1) is 22.7. The molecule has 1 aromatic heterocycles. The summed E-state index contributed by atoms with van der Waals surface area (Å²) in [5.74, 6) is 1.71. The highest BCUT2D eigenvalue weighted by atomic mass is 32.2. The third-order valence-electron chi connectivity index (χ3n) is 4.04. The lowest BCUT2D eigenvalue weighted by atomic mass is 10.2. The SMILES string of the molecule is CC(C)(C)OC(=O)NCCSCC(=O)N1CCN(c2ccc([N+](=O)[O-])cn2)CC1. The largest absolute Gasteiger partial charge is 0.444 e. The molecule has 1 aliphatic rings. The smallest absolute Gasteiger partial charge is 0.407 e. The number of amides is 2. The number of hydrogen-bond acceptors (Lipinski definition) is 8. The van der Waals surface area contributed by atoms with E-state index in [0.717, 1.165) is 0 Å². The Hall–Kier alpha value is -2.56. The normalized spacial score (nSPS) is 14.4. The molecule has 1 aliphatic heterocycles. The van der Waals surface area contributed by atoms with E-state index < -0.39 is 16.6 Å². The fraction of sp³-hybridized carbons (Fsp3) is 0.611. The number of nitrogens with one attached hydrogen (secondary N) is 1. The minimum absolute atomic E-state index is 0.0410. The minimum Gasteiger partial charge on any atom is -0.444 e. The lowest BCUT2D eigenvalue weighted by molar-refractivity contribution is -0.385. The molecule has 10 nitrogen and oxygen atoms in total. The van der Waals surface area contributed by atoms with Crippen LogP contribution in [0, 0.1) is 10.1 Å². The van der Waals surface area contributed by atoms with Crippen molar-refractivity contribution in [1.82, 2.24) is 15.2 Å². The summed E-state index contributed by atoms with van der Waals surface area (Å²) in [6.07, 6.45) is 0.787. The van der Waals surface area contributed by atoms with E-state index >= 15 is 0 Å². The molecule has 1 aromatic rings. The summed E-state index contributed by atoms with van der Waals surface area (Å²) in [7, 11) is 0. The Morgan fingerprint density at radius 2 is 1.97 bits per heavy atom. The number of thioether (sulfide) groups is 1. The molecule has 0 aliphatic carbocycles. The molecule has 0 saturated carbocycles. The van der Waals surface area contributed by atoms with Gasteiger partial charge in [0.1, 0.15) is 17.6 Å². The van der Waals surface area contributed by atoms with Gasteiger partial charge in [-0.15, -0.1) is 0 Å². The van der Waals surface area contributed by atoms with Crippen LogP contribution in [0.5, 0.6) is 0 Å². The van der Waals surface area contributed by atoms with E-state index in [1.165, 1.54) is 24.0 Å². The number of alkyl carbamates (subject to hydrolysis) is 1. The molecular weight excluding hydrogens is 398 g/mol. The van der Waals surface area contributed by atoms with E-state index in [1.807, 2.05) is 4.90 Å². The van der Waals surface area contributed by atoms with Gasteiger partial charge < -0.3 is 19.9 Å². The minimum atomic E-state index is -0.528. The molecule has 11 heteroatoms. The van der Waals surface area contributed by atoms with Crippen molar-refractivity contribution in [2.45, 2.75) is 26.4 Å². The summed E-state index contributed by atoms with van der Waals surface area (Å²) in [5, 5.41) is 13.4. The monoisotopic (exact) mass is 425 g/mol. The quantitative estimate of drug-likeness (QED) is 0.400. The number of aromatic nitrogens is 1. The first-order chi connectivity index (χ1) is 13.7. The molecule has 0 radical (unpaired) electrons. The standard InChI is InChI=1S/C18H27N5O5S/c1-18(2,3)28-17(25)19-6-11-29-13-16(24)22-9-7-21(8-10-22)15-5-4-14(12-20-15)23(26)27/h4-5,12H,6-11,13H2,1-3H3,(H,19,25). The number of carbonyl (C=O) groups excluding carboxylic acids is 2. The van der Waals surface area contributed by atoms with Crippen LogP contribution in [0.25, 0.3) is 0 Å². The van der Waals surface area contributed by atoms with Crippen LogP contribution in [0.3, 0.4) is 0 Å². The number of pyridine rings is 1. The third-order valence-corrected chi connectivity index (χ3v) is 4.98. The number of hydrogen-bond donors (Lipinski definition) is 1. The molecule has 2 amide bonds. The first-order valence-corrected chi connectivity index (χ1v) is 10.5. The van der Waals surface area contributed by atoms with Crippen molar-refractivity contribution in [3.63, 3.8) is 0 Å². The molecule has 0 aromatic carbocycles. The van der Waals surface area contributed by atoms with Crippen molar-refractivity contribution < 1.29 is 19.2 Å². The molecule has 0 unspecified atom stereocenters. The number of ether oxygens (including phenoxy) is 1. The summed E-state index contributed by atoms with van der Waals surface area (Å²) < 4.78 is 5.15. The van der Waals surface area contributed by atoms with Crippen LogP contribution >= 0.6 is 11.8 Å². The molecule has 1 fully saturated rings. The van der Waals surface area contributed by atoms with Crippen LogP contribution in [-0.2, 0) is 9.53 Å². The topological polar surface area (TPSA) is 118 Å². The predicted molar refractivity (Wildman–Crippen MR) is 111 cm³/mol. The van der Waals surface area contributed by atoms with Crippen LogP contribution in [0.2, 0.25) is 0 Å². The van der Waals surface area contributed by atoms with Crippen molar-refractivity contribution in [1.29, 1.82) is 0 Å². The van der Waals surface area contributed by atoms with Gasteiger partial charge in [0.15, 0.2) is 0 Å². The van der Waals surface area contributed by atoms with Crippen molar-refractivity contribution in [2.75, 3.05) is 49.1 Å². The van der Waals surface area contributed by atoms with Gasteiger partial charge in [-0.3, -0.25) is 14.9 Å². The Morgan fingerprint density at radius 3 is 2.52 bits per heavy atom. The Balaban J connectivity index is 1.64. The average Bonchev–Trinajstić information content (AvgIpc) is 2.66. The lowest BCUT2D eigenvalue weighted by Crippen LogP contribution is -2.49. The van der Waals surface area contributed by atoms with Gasteiger partial charge in [-0.1, -0.05) is 0 Å². The van der Waals surface area contributed by atoms with E-state index in [1.54, 1.807) is 31.7 Å². The fourth-order valence-electron chi connectivity index (χ4n) is 2.65. The van der Waals surface area contributed by atoms with Crippen LogP contribution < -0.4 is 10.2 Å². The van der Waals surface area contributed by atoms with Gasteiger partial charge in [-0.05, 0) is 26.8 Å². The predicted octanol–water partition coefficient (Wildman–Crippen LogP) is 1.90. The van der Waals surface area contributed by atoms with E-state index in [9.17, 15) is 19.7 Å². The number of nitrogens with zero attached hydrogens (tertiary/aromatic N) is 4. The summed E-state index contributed by atoms with van der Waals surface area (Å²) in [4.78, 5) is 42.0. The second-order valence-corrected chi connectivity index (χ2v) is 8.59. The van der Waals surface area contributed by atoms with Crippen LogP contribution in [0.4, 0.5) is 16.3 Å². The molecule has 29 heavy (non-hydrogen) atoms. The second kappa shape index (κ2) is 10.3. The second-order valence-electron chi connectivity index (χ2n) is 7.48. The highest BCUT2D eigenvalue weighted by molar-refractivity contribution is 7.99. The molecule has 0 atom stereocenters. The zero-order chi connectivity index (χ0) is 21.4. The summed E-state index contributed by atoms with van der Waals surface area (Å²) in [5.41, 5.74) is -0.569. The molecule has 0 bridgehead atoms. The number of piperazine rings is 1. The van der Waals surface area contributed by atoms with Gasteiger partial charge >= 0.3 is 6.09 Å². The fourth-order valence-corrected chi connectivity index (χ4v) is 3.40. The number of rotatable bonds is 7. The summed E-state index contributed by atoms with van der Waals surface area (Å²) in [6.45, 7) is 8.25. The van der Waals surface area contributed by atoms with E-state index in [2.05, 4.69) is 10.3 Å². The maximum absolute atomic E-state index is 12.3. The Kier molecular flexibility index (Phi) is 8.06. The average molecular weight is 426 g/mol. The Labute approximate surface area is 174 Å². The molecule has 160 valence electrons. The van der Waals surface area contributed by atoms with Gasteiger partial charge in [-0.25, -0.2) is 9.78 Å². The maximum Gasteiger partial charge on any atom is 0.407 e. The lowest BCUT2D eigenvalue weighted by Gasteiger charge is -2.35. The van der Waals surface area contributed by atoms with Crippen molar-refractivity contribution in [3.8, 4) is 0 Å². The van der Waals surface area contributed by atoms with Crippen LogP contribution in [0.15, 0.2) is 18.3 Å². The molecule has 0 spiro atoms. The van der Waals surface area contributed by atoms with E-state index in [-0.39, 0.29) is 11.6 Å². The number of carbonyl (C=O) groups is 2. The van der Waals surface area contributed by atoms with Crippen molar-refractivity contribution in [3.05, 3.63) is 28.4 Å². The number of anilines is 1. The van der Waals surface area contributed by atoms with Gasteiger partial charge in [0, 0.05) is 44.5 Å². The molecule has 2 rings (SSSR count). The summed E-state index contributed by atoms with van der Waals surface area (Å²) >= 11 is 1.47. The third kappa shape index (κ3) is 7.76. The van der Waals surface area contributed by atoms with E-state index in [0.29, 0.717) is 50.0 Å². The van der Waals surface area contributed by atoms with Gasteiger partial charge in [0.25, 0.3) is 5.69 Å². The molecule has 1 N–H and O–H groups in total. The van der Waals surface area contributed by atoms with Gasteiger partial charge in [0.2, 0.25) is 5.91 Å². The van der Waals surface area contributed by atoms with Gasteiger partial charge in [-0.2, -0.15) is 11.8 Å². The highest BCUT2D eigenvalue weighted by Gasteiger charge is 2.22. The van der Waals surface area contributed by atoms with E-state index in [4.69, 9.17) is 4.74 Å². The zero-order valence-electron chi connectivity index (χ0n) is 16.9. The van der Waals surface area contributed by atoms with Gasteiger partial charge in [0.05, 0.1) is 10.7 Å².